The highest BCUT2D eigenvalue weighted by Crippen LogP contribution is 2.16. The van der Waals surface area contributed by atoms with E-state index in [1.807, 2.05) is 31.2 Å². The van der Waals surface area contributed by atoms with Gasteiger partial charge in [-0.2, -0.15) is 5.10 Å². The maximum atomic E-state index is 12.0. The summed E-state index contributed by atoms with van der Waals surface area (Å²) >= 11 is 0. The fourth-order valence-electron chi connectivity index (χ4n) is 2.51. The number of rotatable bonds is 12. The number of ether oxygens (including phenoxy) is 2. The summed E-state index contributed by atoms with van der Waals surface area (Å²) in [5, 5.41) is 6.69. The molecule has 0 spiro atoms. The van der Waals surface area contributed by atoms with Crippen LogP contribution in [0.25, 0.3) is 0 Å². The number of carbonyl (C=O) groups is 2. The van der Waals surface area contributed by atoms with Crippen LogP contribution in [-0.2, 0) is 9.59 Å². The van der Waals surface area contributed by atoms with Gasteiger partial charge in [0.25, 0.3) is 0 Å². The van der Waals surface area contributed by atoms with E-state index in [9.17, 15) is 9.59 Å². The monoisotopic (exact) mass is 411 g/mol. The van der Waals surface area contributed by atoms with Gasteiger partial charge in [-0.15, -0.1) is 0 Å². The van der Waals surface area contributed by atoms with Crippen molar-refractivity contribution in [3.63, 3.8) is 0 Å². The van der Waals surface area contributed by atoms with Crippen LogP contribution in [-0.4, -0.2) is 31.2 Å². The smallest absolute Gasteiger partial charge is 0.240 e. The Morgan fingerprint density at radius 3 is 2.47 bits per heavy atom. The zero-order valence-electron chi connectivity index (χ0n) is 17.5. The van der Waals surface area contributed by atoms with Gasteiger partial charge in [-0.1, -0.05) is 25.5 Å². The van der Waals surface area contributed by atoms with Gasteiger partial charge in [-0.25, -0.2) is 5.43 Å². The van der Waals surface area contributed by atoms with E-state index >= 15 is 0 Å². The van der Waals surface area contributed by atoms with Crippen LogP contribution >= 0.6 is 0 Å². The zero-order chi connectivity index (χ0) is 21.6. The standard InChI is InChI=1S/C23H29N3O4/c1-3-5-15-30-21-8-6-7-18(16-21)17-24-26-23(28)14-13-22(27)25-19-9-11-20(12-10-19)29-4-2/h6-12,16-17H,3-5,13-15H2,1-2H3,(H,25,27)(H,26,28). The molecule has 0 saturated carbocycles. The van der Waals surface area contributed by atoms with Crippen LogP contribution in [0.3, 0.4) is 0 Å². The van der Waals surface area contributed by atoms with Crippen molar-refractivity contribution < 1.29 is 19.1 Å². The Kier molecular flexibility index (Phi) is 9.92. The summed E-state index contributed by atoms with van der Waals surface area (Å²) < 4.78 is 11.0. The average molecular weight is 412 g/mol. The van der Waals surface area contributed by atoms with E-state index in [0.29, 0.717) is 18.9 Å². The van der Waals surface area contributed by atoms with Gasteiger partial charge in [0.15, 0.2) is 0 Å². The fraction of sp³-hybridized carbons (Fsp3) is 0.348. The molecule has 0 fully saturated rings. The minimum Gasteiger partial charge on any atom is -0.494 e. The highest BCUT2D eigenvalue weighted by Gasteiger charge is 2.07. The van der Waals surface area contributed by atoms with E-state index in [0.717, 1.165) is 29.9 Å². The Morgan fingerprint density at radius 2 is 1.73 bits per heavy atom. The quantitative estimate of drug-likeness (QED) is 0.312. The highest BCUT2D eigenvalue weighted by molar-refractivity contribution is 5.93. The lowest BCUT2D eigenvalue weighted by Crippen LogP contribution is -2.20. The number of hydrazone groups is 1. The minimum absolute atomic E-state index is 0.0420. The SMILES string of the molecule is CCCCOc1cccc(C=NNC(=O)CCC(=O)Nc2ccc(OCC)cc2)c1. The summed E-state index contributed by atoms with van der Waals surface area (Å²) in [6.07, 6.45) is 3.73. The second-order valence-electron chi connectivity index (χ2n) is 6.57. The number of carbonyl (C=O) groups excluding carboxylic acids is 2. The normalized spacial score (nSPS) is 10.6. The van der Waals surface area contributed by atoms with Gasteiger partial charge < -0.3 is 14.8 Å². The molecule has 0 radical (unpaired) electrons. The zero-order valence-corrected chi connectivity index (χ0v) is 17.5. The molecule has 7 heteroatoms. The van der Waals surface area contributed by atoms with Crippen LogP contribution in [0.15, 0.2) is 53.6 Å². The summed E-state index contributed by atoms with van der Waals surface area (Å²) in [5.41, 5.74) is 3.91. The predicted molar refractivity (Wildman–Crippen MR) is 118 cm³/mol. The summed E-state index contributed by atoms with van der Waals surface area (Å²) in [4.78, 5) is 23.9. The van der Waals surface area contributed by atoms with Gasteiger partial charge in [0.05, 0.1) is 19.4 Å². The Morgan fingerprint density at radius 1 is 0.967 bits per heavy atom. The molecule has 0 unspecified atom stereocenters. The predicted octanol–water partition coefficient (Wildman–Crippen LogP) is 4.13. The maximum absolute atomic E-state index is 12.0. The van der Waals surface area contributed by atoms with Crippen molar-refractivity contribution in [1.82, 2.24) is 5.43 Å². The molecule has 2 aromatic rings. The first-order valence-electron chi connectivity index (χ1n) is 10.2. The first-order valence-corrected chi connectivity index (χ1v) is 10.2. The van der Waals surface area contributed by atoms with E-state index in [1.165, 1.54) is 0 Å². The van der Waals surface area contributed by atoms with Crippen molar-refractivity contribution in [3.8, 4) is 11.5 Å². The molecule has 0 aliphatic carbocycles. The largest absolute Gasteiger partial charge is 0.494 e. The highest BCUT2D eigenvalue weighted by atomic mass is 16.5. The van der Waals surface area contributed by atoms with Gasteiger partial charge in [-0.3, -0.25) is 9.59 Å². The van der Waals surface area contributed by atoms with Crippen LogP contribution in [0.2, 0.25) is 0 Å². The lowest BCUT2D eigenvalue weighted by Gasteiger charge is -2.07. The molecule has 0 aromatic heterocycles. The number of nitrogens with one attached hydrogen (secondary N) is 2. The Balaban J connectivity index is 1.71. The van der Waals surface area contributed by atoms with Crippen LogP contribution in [0.4, 0.5) is 5.69 Å². The first-order chi connectivity index (χ1) is 14.6. The molecule has 2 N–H and O–H groups in total. The van der Waals surface area contributed by atoms with Crippen molar-refractivity contribution in [3.05, 3.63) is 54.1 Å². The van der Waals surface area contributed by atoms with Crippen molar-refractivity contribution in [2.75, 3.05) is 18.5 Å². The minimum atomic E-state index is -0.330. The molecular formula is C23H29N3O4. The van der Waals surface area contributed by atoms with Gasteiger partial charge in [-0.05, 0) is 55.3 Å². The third kappa shape index (κ3) is 8.77. The molecule has 30 heavy (non-hydrogen) atoms. The summed E-state index contributed by atoms with van der Waals surface area (Å²) in [6, 6.07) is 14.6. The summed E-state index contributed by atoms with van der Waals surface area (Å²) in [6.45, 7) is 5.28. The van der Waals surface area contributed by atoms with E-state index in [4.69, 9.17) is 9.47 Å². The van der Waals surface area contributed by atoms with Crippen LogP contribution in [0.1, 0.15) is 45.1 Å². The van der Waals surface area contributed by atoms with Crippen LogP contribution < -0.4 is 20.2 Å². The van der Waals surface area contributed by atoms with Gasteiger partial charge in [0, 0.05) is 18.5 Å². The van der Waals surface area contributed by atoms with Crippen molar-refractivity contribution in [2.24, 2.45) is 5.10 Å². The molecule has 2 amide bonds. The topological polar surface area (TPSA) is 89.0 Å². The number of hydrogen-bond donors (Lipinski definition) is 2. The molecule has 7 nitrogen and oxygen atoms in total. The Bertz CT molecular complexity index is 835. The molecule has 0 aliphatic rings. The van der Waals surface area contributed by atoms with Gasteiger partial charge in [0.1, 0.15) is 11.5 Å². The van der Waals surface area contributed by atoms with Crippen LogP contribution in [0.5, 0.6) is 11.5 Å². The number of anilines is 1. The molecular weight excluding hydrogens is 382 g/mol. The van der Waals surface area contributed by atoms with Gasteiger partial charge >= 0.3 is 0 Å². The van der Waals surface area contributed by atoms with E-state index in [1.54, 1.807) is 30.5 Å². The number of benzene rings is 2. The summed E-state index contributed by atoms with van der Waals surface area (Å²) in [5.74, 6) is 0.939. The number of amides is 2. The Labute approximate surface area is 177 Å². The lowest BCUT2D eigenvalue weighted by atomic mass is 10.2. The van der Waals surface area contributed by atoms with E-state index in [-0.39, 0.29) is 24.7 Å². The Hall–Kier alpha value is -3.35. The fourth-order valence-corrected chi connectivity index (χ4v) is 2.51. The molecule has 0 bridgehead atoms. The number of nitrogens with zero attached hydrogens (tertiary/aromatic N) is 1. The molecule has 0 saturated heterocycles. The summed E-state index contributed by atoms with van der Waals surface area (Å²) in [7, 11) is 0. The first kappa shape index (κ1) is 22.9. The van der Waals surface area contributed by atoms with E-state index < -0.39 is 0 Å². The van der Waals surface area contributed by atoms with Crippen LogP contribution in [0, 0.1) is 0 Å². The third-order valence-corrected chi connectivity index (χ3v) is 4.06. The second-order valence-corrected chi connectivity index (χ2v) is 6.57. The molecule has 2 rings (SSSR count). The third-order valence-electron chi connectivity index (χ3n) is 4.06. The molecule has 0 aliphatic heterocycles. The van der Waals surface area contributed by atoms with Crippen molar-refractivity contribution in [1.29, 1.82) is 0 Å². The van der Waals surface area contributed by atoms with E-state index in [2.05, 4.69) is 22.8 Å². The number of unbranched alkanes of at least 4 members (excludes halogenated alkanes) is 1. The van der Waals surface area contributed by atoms with Gasteiger partial charge in [0.2, 0.25) is 11.8 Å². The van der Waals surface area contributed by atoms with Crippen molar-refractivity contribution >= 4 is 23.7 Å². The lowest BCUT2D eigenvalue weighted by molar-refractivity contribution is -0.124. The average Bonchev–Trinajstić information content (AvgIpc) is 2.74. The van der Waals surface area contributed by atoms with Crippen molar-refractivity contribution in [2.45, 2.75) is 39.5 Å². The molecule has 0 heterocycles. The second kappa shape index (κ2) is 13.0. The number of hydrogen-bond acceptors (Lipinski definition) is 5. The molecule has 2 aromatic carbocycles. The maximum Gasteiger partial charge on any atom is 0.240 e. The molecule has 0 atom stereocenters. The molecule has 160 valence electrons.